The Bertz CT molecular complexity index is 480. The predicted octanol–water partition coefficient (Wildman–Crippen LogP) is 2.92. The normalized spacial score (nSPS) is 16.0. The van der Waals surface area contributed by atoms with Crippen molar-refractivity contribution in [3.63, 3.8) is 0 Å². The van der Waals surface area contributed by atoms with Gasteiger partial charge >= 0.3 is 0 Å². The molecule has 1 aromatic rings. The van der Waals surface area contributed by atoms with E-state index in [2.05, 4.69) is 39.0 Å². The van der Waals surface area contributed by atoms with Crippen LogP contribution >= 0.6 is 0 Å². The molecular formula is C17H26N2O. The summed E-state index contributed by atoms with van der Waals surface area (Å²) in [5.41, 5.74) is 9.79. The zero-order valence-electron chi connectivity index (χ0n) is 12.9. The average Bonchev–Trinajstić information content (AvgIpc) is 3.24. The molecule has 1 amide bonds. The van der Waals surface area contributed by atoms with E-state index < -0.39 is 0 Å². The summed E-state index contributed by atoms with van der Waals surface area (Å²) in [5, 5.41) is 0. The van der Waals surface area contributed by atoms with Gasteiger partial charge in [0.1, 0.15) is 0 Å². The first-order valence-corrected chi connectivity index (χ1v) is 7.65. The SMILES string of the molecule is CCCC(N)C(=O)N(Cc1ccc(C)c(C)c1)C1CC1. The van der Waals surface area contributed by atoms with E-state index in [1.54, 1.807) is 0 Å². The minimum atomic E-state index is -0.341. The van der Waals surface area contributed by atoms with Crippen LogP contribution in [0.2, 0.25) is 0 Å². The molecule has 0 saturated heterocycles. The Kier molecular flexibility index (Phi) is 4.81. The summed E-state index contributed by atoms with van der Waals surface area (Å²) < 4.78 is 0. The molecular weight excluding hydrogens is 248 g/mol. The number of hydrogen-bond acceptors (Lipinski definition) is 2. The Labute approximate surface area is 122 Å². The number of benzene rings is 1. The fraction of sp³-hybridized carbons (Fsp3) is 0.588. The molecule has 1 fully saturated rings. The molecule has 1 unspecified atom stereocenters. The first kappa shape index (κ1) is 15.0. The van der Waals surface area contributed by atoms with E-state index in [1.165, 1.54) is 16.7 Å². The lowest BCUT2D eigenvalue weighted by Gasteiger charge is -2.26. The largest absolute Gasteiger partial charge is 0.334 e. The highest BCUT2D eigenvalue weighted by molar-refractivity contribution is 5.82. The summed E-state index contributed by atoms with van der Waals surface area (Å²) >= 11 is 0. The van der Waals surface area contributed by atoms with Gasteiger partial charge in [0.2, 0.25) is 5.91 Å². The van der Waals surface area contributed by atoms with Gasteiger partial charge in [0, 0.05) is 12.6 Å². The van der Waals surface area contributed by atoms with E-state index in [4.69, 9.17) is 5.73 Å². The first-order chi connectivity index (χ1) is 9.52. The molecule has 3 heteroatoms. The van der Waals surface area contributed by atoms with Gasteiger partial charge in [-0.05, 0) is 49.8 Å². The maximum absolute atomic E-state index is 12.5. The van der Waals surface area contributed by atoms with Crippen molar-refractivity contribution in [1.82, 2.24) is 4.90 Å². The van der Waals surface area contributed by atoms with Crippen molar-refractivity contribution >= 4 is 5.91 Å². The molecule has 0 bridgehead atoms. The lowest BCUT2D eigenvalue weighted by atomic mass is 10.1. The number of hydrogen-bond donors (Lipinski definition) is 1. The molecule has 1 saturated carbocycles. The lowest BCUT2D eigenvalue weighted by Crippen LogP contribution is -2.44. The van der Waals surface area contributed by atoms with Crippen molar-refractivity contribution < 1.29 is 4.79 Å². The number of nitrogens with two attached hydrogens (primary N) is 1. The fourth-order valence-electron chi connectivity index (χ4n) is 2.52. The van der Waals surface area contributed by atoms with Crippen LogP contribution < -0.4 is 5.73 Å². The smallest absolute Gasteiger partial charge is 0.240 e. The van der Waals surface area contributed by atoms with Crippen LogP contribution in [-0.2, 0) is 11.3 Å². The number of rotatable bonds is 6. The topological polar surface area (TPSA) is 46.3 Å². The van der Waals surface area contributed by atoms with Crippen LogP contribution in [0.3, 0.4) is 0 Å². The highest BCUT2D eigenvalue weighted by atomic mass is 16.2. The molecule has 1 aromatic carbocycles. The van der Waals surface area contributed by atoms with Gasteiger partial charge in [-0.15, -0.1) is 0 Å². The number of carbonyl (C=O) groups is 1. The van der Waals surface area contributed by atoms with Crippen molar-refractivity contribution in [3.05, 3.63) is 34.9 Å². The van der Waals surface area contributed by atoms with Gasteiger partial charge < -0.3 is 10.6 Å². The van der Waals surface area contributed by atoms with Crippen molar-refractivity contribution in [2.75, 3.05) is 0 Å². The van der Waals surface area contributed by atoms with Crippen LogP contribution in [0.15, 0.2) is 18.2 Å². The second-order valence-corrected chi connectivity index (χ2v) is 6.01. The van der Waals surface area contributed by atoms with Crippen molar-refractivity contribution in [1.29, 1.82) is 0 Å². The van der Waals surface area contributed by atoms with Gasteiger partial charge in [-0.1, -0.05) is 31.5 Å². The average molecular weight is 274 g/mol. The predicted molar refractivity (Wildman–Crippen MR) is 82.4 cm³/mol. The molecule has 0 radical (unpaired) electrons. The molecule has 0 heterocycles. The van der Waals surface area contributed by atoms with Crippen molar-refractivity contribution in [2.45, 2.75) is 65.1 Å². The quantitative estimate of drug-likeness (QED) is 0.867. The second-order valence-electron chi connectivity index (χ2n) is 6.01. The maximum atomic E-state index is 12.5. The monoisotopic (exact) mass is 274 g/mol. The Morgan fingerprint density at radius 1 is 1.35 bits per heavy atom. The van der Waals surface area contributed by atoms with Crippen molar-refractivity contribution in [3.8, 4) is 0 Å². The second kappa shape index (κ2) is 6.40. The molecule has 110 valence electrons. The Balaban J connectivity index is 2.09. The lowest BCUT2D eigenvalue weighted by molar-refractivity contribution is -0.134. The summed E-state index contributed by atoms with van der Waals surface area (Å²) in [6.45, 7) is 6.99. The van der Waals surface area contributed by atoms with Gasteiger partial charge in [0.25, 0.3) is 0 Å². The van der Waals surface area contributed by atoms with Crippen LogP contribution in [0.1, 0.15) is 49.3 Å². The van der Waals surface area contributed by atoms with Crippen LogP contribution in [0.5, 0.6) is 0 Å². The van der Waals surface area contributed by atoms with Gasteiger partial charge in [-0.25, -0.2) is 0 Å². The minimum Gasteiger partial charge on any atom is -0.334 e. The molecule has 2 rings (SSSR count). The highest BCUT2D eigenvalue weighted by Gasteiger charge is 2.34. The van der Waals surface area contributed by atoms with Gasteiger partial charge in [-0.3, -0.25) is 4.79 Å². The van der Waals surface area contributed by atoms with E-state index in [-0.39, 0.29) is 11.9 Å². The molecule has 1 atom stereocenters. The number of aryl methyl sites for hydroxylation is 2. The molecule has 0 aromatic heterocycles. The number of nitrogens with zero attached hydrogens (tertiary/aromatic N) is 1. The van der Waals surface area contributed by atoms with E-state index in [0.717, 1.165) is 25.7 Å². The molecule has 2 N–H and O–H groups in total. The van der Waals surface area contributed by atoms with Crippen LogP contribution in [0.4, 0.5) is 0 Å². The number of carbonyl (C=O) groups excluding carboxylic acids is 1. The maximum Gasteiger partial charge on any atom is 0.240 e. The third-order valence-electron chi connectivity index (χ3n) is 4.11. The first-order valence-electron chi connectivity index (χ1n) is 7.65. The van der Waals surface area contributed by atoms with Crippen LogP contribution in [-0.4, -0.2) is 22.9 Å². The zero-order valence-corrected chi connectivity index (χ0v) is 12.9. The summed E-state index contributed by atoms with van der Waals surface area (Å²) in [6, 6.07) is 6.51. The standard InChI is InChI=1S/C17H26N2O/c1-4-5-16(18)17(20)19(15-8-9-15)11-14-7-6-12(2)13(3)10-14/h6-7,10,15-16H,4-5,8-9,11,18H2,1-3H3. The fourth-order valence-corrected chi connectivity index (χ4v) is 2.52. The van der Waals surface area contributed by atoms with E-state index in [9.17, 15) is 4.79 Å². The van der Waals surface area contributed by atoms with Crippen LogP contribution in [0.25, 0.3) is 0 Å². The molecule has 0 spiro atoms. The zero-order chi connectivity index (χ0) is 14.7. The Morgan fingerprint density at radius 3 is 2.60 bits per heavy atom. The molecule has 0 aliphatic heterocycles. The molecule has 3 nitrogen and oxygen atoms in total. The molecule has 1 aliphatic rings. The van der Waals surface area contributed by atoms with Crippen LogP contribution in [0, 0.1) is 13.8 Å². The Morgan fingerprint density at radius 2 is 2.05 bits per heavy atom. The van der Waals surface area contributed by atoms with Gasteiger partial charge in [0.05, 0.1) is 6.04 Å². The summed E-state index contributed by atoms with van der Waals surface area (Å²) in [5.74, 6) is 0.118. The number of amides is 1. The molecule has 20 heavy (non-hydrogen) atoms. The van der Waals surface area contributed by atoms with Gasteiger partial charge in [0.15, 0.2) is 0 Å². The van der Waals surface area contributed by atoms with E-state index in [1.807, 2.05) is 4.90 Å². The third kappa shape index (κ3) is 3.60. The third-order valence-corrected chi connectivity index (χ3v) is 4.11. The Hall–Kier alpha value is -1.35. The molecule has 1 aliphatic carbocycles. The summed E-state index contributed by atoms with van der Waals surface area (Å²) in [7, 11) is 0. The summed E-state index contributed by atoms with van der Waals surface area (Å²) in [4.78, 5) is 14.5. The van der Waals surface area contributed by atoms with Gasteiger partial charge in [-0.2, -0.15) is 0 Å². The van der Waals surface area contributed by atoms with Crippen molar-refractivity contribution in [2.24, 2.45) is 5.73 Å². The highest BCUT2D eigenvalue weighted by Crippen LogP contribution is 2.29. The minimum absolute atomic E-state index is 0.118. The summed E-state index contributed by atoms with van der Waals surface area (Å²) in [6.07, 6.45) is 3.97. The van der Waals surface area contributed by atoms with E-state index in [0.29, 0.717) is 12.6 Å². The van der Waals surface area contributed by atoms with E-state index >= 15 is 0 Å².